The van der Waals surface area contributed by atoms with E-state index in [0.717, 1.165) is 11.3 Å². The van der Waals surface area contributed by atoms with Gasteiger partial charge in [0.25, 0.3) is 0 Å². The average molecular weight is 209 g/mol. The fourth-order valence-corrected chi connectivity index (χ4v) is 1.09. The first-order chi connectivity index (χ1) is 7.22. The van der Waals surface area contributed by atoms with Crippen LogP contribution in [0.3, 0.4) is 0 Å². The number of rotatable bonds is 5. The highest BCUT2D eigenvalue weighted by atomic mass is 16.5. The summed E-state index contributed by atoms with van der Waals surface area (Å²) < 4.78 is 9.77. The monoisotopic (exact) mass is 209 g/mol. The number of hydrogen-bond acceptors (Lipinski definition) is 4. The van der Waals surface area contributed by atoms with E-state index in [1.807, 2.05) is 24.3 Å². The van der Waals surface area contributed by atoms with Crippen LogP contribution < -0.4 is 10.1 Å². The molecule has 0 aliphatic rings. The summed E-state index contributed by atoms with van der Waals surface area (Å²) in [6, 6.07) is 7.70. The second kappa shape index (κ2) is 6.03. The topological polar surface area (TPSA) is 47.6 Å². The largest absolute Gasteiger partial charge is 0.497 e. The molecule has 0 saturated carbocycles. The summed E-state index contributed by atoms with van der Waals surface area (Å²) in [5, 5.41) is 2.99. The molecule has 15 heavy (non-hydrogen) atoms. The van der Waals surface area contributed by atoms with E-state index in [0.29, 0.717) is 6.54 Å². The summed E-state index contributed by atoms with van der Waals surface area (Å²) in [5.74, 6) is 0.552. The minimum absolute atomic E-state index is 0.237. The van der Waals surface area contributed by atoms with Crippen molar-refractivity contribution < 1.29 is 14.3 Å². The van der Waals surface area contributed by atoms with Crippen LogP contribution in [0, 0.1) is 0 Å². The van der Waals surface area contributed by atoms with Crippen LogP contribution in [0.5, 0.6) is 5.75 Å². The highest BCUT2D eigenvalue weighted by Crippen LogP contribution is 2.10. The molecule has 0 radical (unpaired) electrons. The summed E-state index contributed by atoms with van der Waals surface area (Å²) in [4.78, 5) is 10.5. The van der Waals surface area contributed by atoms with Crippen LogP contribution in [0.1, 0.15) is 12.5 Å². The minimum atomic E-state index is -0.280. The third kappa shape index (κ3) is 4.46. The zero-order chi connectivity index (χ0) is 11.1. The molecule has 0 amide bonds. The molecule has 0 saturated heterocycles. The van der Waals surface area contributed by atoms with Crippen LogP contribution in [0.4, 0.5) is 0 Å². The number of hydrogen-bond donors (Lipinski definition) is 1. The molecule has 0 aliphatic carbocycles. The fraction of sp³-hybridized carbons (Fsp3) is 0.364. The smallest absolute Gasteiger partial charge is 0.303 e. The van der Waals surface area contributed by atoms with E-state index >= 15 is 0 Å². The van der Waals surface area contributed by atoms with Crippen LogP contribution in [-0.2, 0) is 16.1 Å². The van der Waals surface area contributed by atoms with Gasteiger partial charge < -0.3 is 9.47 Å². The average Bonchev–Trinajstić information content (AvgIpc) is 2.25. The van der Waals surface area contributed by atoms with E-state index in [2.05, 4.69) is 5.32 Å². The molecule has 1 aromatic rings. The van der Waals surface area contributed by atoms with Crippen LogP contribution in [0.25, 0.3) is 0 Å². The van der Waals surface area contributed by atoms with Crippen molar-refractivity contribution in [2.24, 2.45) is 0 Å². The van der Waals surface area contributed by atoms with Gasteiger partial charge in [0.15, 0.2) is 0 Å². The van der Waals surface area contributed by atoms with Crippen molar-refractivity contribution in [3.63, 3.8) is 0 Å². The van der Waals surface area contributed by atoms with E-state index < -0.39 is 0 Å². The lowest BCUT2D eigenvalue weighted by Crippen LogP contribution is -2.19. The fourth-order valence-electron chi connectivity index (χ4n) is 1.09. The number of benzene rings is 1. The minimum Gasteiger partial charge on any atom is -0.497 e. The van der Waals surface area contributed by atoms with Gasteiger partial charge >= 0.3 is 5.97 Å². The molecule has 1 rings (SSSR count). The van der Waals surface area contributed by atoms with Crippen molar-refractivity contribution in [3.05, 3.63) is 29.8 Å². The number of esters is 1. The Morgan fingerprint density at radius 1 is 1.33 bits per heavy atom. The van der Waals surface area contributed by atoms with Gasteiger partial charge in [0.05, 0.1) is 7.11 Å². The Labute approximate surface area is 89.2 Å². The molecule has 0 unspecified atom stereocenters. The lowest BCUT2D eigenvalue weighted by Gasteiger charge is -2.05. The third-order valence-corrected chi connectivity index (χ3v) is 1.87. The van der Waals surface area contributed by atoms with Gasteiger partial charge in [0.2, 0.25) is 0 Å². The molecule has 0 fully saturated rings. The Bertz CT molecular complexity index is 308. The third-order valence-electron chi connectivity index (χ3n) is 1.87. The Morgan fingerprint density at radius 2 is 2.00 bits per heavy atom. The van der Waals surface area contributed by atoms with E-state index in [-0.39, 0.29) is 12.7 Å². The maximum Gasteiger partial charge on any atom is 0.303 e. The molecular formula is C11H15NO3. The summed E-state index contributed by atoms with van der Waals surface area (Å²) in [6.45, 7) is 2.29. The first-order valence-corrected chi connectivity index (χ1v) is 4.69. The van der Waals surface area contributed by atoms with E-state index in [4.69, 9.17) is 9.47 Å². The lowest BCUT2D eigenvalue weighted by molar-refractivity contribution is -0.141. The molecule has 0 spiro atoms. The number of carbonyl (C=O) groups is 1. The second-order valence-electron chi connectivity index (χ2n) is 3.06. The molecule has 0 aromatic heterocycles. The molecule has 0 bridgehead atoms. The first-order valence-electron chi connectivity index (χ1n) is 4.69. The normalized spacial score (nSPS) is 9.73. The SMILES string of the molecule is COc1ccc(CNCOC(C)=O)cc1. The summed E-state index contributed by atoms with van der Waals surface area (Å²) in [6.07, 6.45) is 0. The predicted octanol–water partition coefficient (Wildman–Crippen LogP) is 1.31. The van der Waals surface area contributed by atoms with Crippen molar-refractivity contribution in [3.8, 4) is 5.75 Å². The number of methoxy groups -OCH3 is 1. The molecule has 1 N–H and O–H groups in total. The molecule has 1 aromatic carbocycles. The molecule has 4 nitrogen and oxygen atoms in total. The number of carbonyl (C=O) groups excluding carboxylic acids is 1. The Balaban J connectivity index is 2.28. The van der Waals surface area contributed by atoms with Crippen molar-refractivity contribution in [1.82, 2.24) is 5.32 Å². The lowest BCUT2D eigenvalue weighted by atomic mass is 10.2. The Morgan fingerprint density at radius 3 is 2.53 bits per heavy atom. The zero-order valence-electron chi connectivity index (χ0n) is 8.95. The summed E-state index contributed by atoms with van der Waals surface area (Å²) in [7, 11) is 1.63. The maximum absolute atomic E-state index is 10.5. The summed E-state index contributed by atoms with van der Waals surface area (Å²) >= 11 is 0. The molecular weight excluding hydrogens is 194 g/mol. The second-order valence-corrected chi connectivity index (χ2v) is 3.06. The molecule has 0 aliphatic heterocycles. The Kier molecular flexibility index (Phi) is 4.63. The molecule has 0 atom stereocenters. The van der Waals surface area contributed by atoms with Crippen LogP contribution in [-0.4, -0.2) is 19.8 Å². The van der Waals surface area contributed by atoms with E-state index in [1.165, 1.54) is 6.92 Å². The highest BCUT2D eigenvalue weighted by Gasteiger charge is 1.95. The van der Waals surface area contributed by atoms with Crippen LogP contribution in [0.15, 0.2) is 24.3 Å². The van der Waals surface area contributed by atoms with Crippen molar-refractivity contribution in [2.75, 3.05) is 13.8 Å². The van der Waals surface area contributed by atoms with Gasteiger partial charge in [0, 0.05) is 13.5 Å². The maximum atomic E-state index is 10.5. The predicted molar refractivity (Wildman–Crippen MR) is 56.5 cm³/mol. The van der Waals surface area contributed by atoms with E-state index in [1.54, 1.807) is 7.11 Å². The van der Waals surface area contributed by atoms with Crippen LogP contribution >= 0.6 is 0 Å². The van der Waals surface area contributed by atoms with Crippen molar-refractivity contribution >= 4 is 5.97 Å². The van der Waals surface area contributed by atoms with E-state index in [9.17, 15) is 4.79 Å². The quantitative estimate of drug-likeness (QED) is 0.451. The van der Waals surface area contributed by atoms with Gasteiger partial charge in [-0.3, -0.25) is 10.1 Å². The molecule has 0 heterocycles. The van der Waals surface area contributed by atoms with Gasteiger partial charge in [-0.1, -0.05) is 12.1 Å². The van der Waals surface area contributed by atoms with Gasteiger partial charge in [-0.2, -0.15) is 0 Å². The summed E-state index contributed by atoms with van der Waals surface area (Å²) in [5.41, 5.74) is 1.11. The van der Waals surface area contributed by atoms with Gasteiger partial charge in [-0.15, -0.1) is 0 Å². The van der Waals surface area contributed by atoms with Gasteiger partial charge in [-0.05, 0) is 17.7 Å². The number of ether oxygens (including phenoxy) is 2. The van der Waals surface area contributed by atoms with Crippen molar-refractivity contribution in [1.29, 1.82) is 0 Å². The Hall–Kier alpha value is -1.55. The highest BCUT2D eigenvalue weighted by molar-refractivity contribution is 5.65. The number of nitrogens with one attached hydrogen (secondary N) is 1. The van der Waals surface area contributed by atoms with Crippen molar-refractivity contribution in [2.45, 2.75) is 13.5 Å². The molecule has 82 valence electrons. The van der Waals surface area contributed by atoms with Gasteiger partial charge in [0.1, 0.15) is 12.5 Å². The zero-order valence-corrected chi connectivity index (χ0v) is 8.95. The first kappa shape index (κ1) is 11.5. The van der Waals surface area contributed by atoms with Gasteiger partial charge in [-0.25, -0.2) is 0 Å². The molecule has 4 heteroatoms. The van der Waals surface area contributed by atoms with Crippen LogP contribution in [0.2, 0.25) is 0 Å². The standard InChI is InChI=1S/C11H15NO3/c1-9(13)15-8-12-7-10-3-5-11(14-2)6-4-10/h3-6,12H,7-8H2,1-2H3.